The smallest absolute Gasteiger partial charge is 0.254 e. The summed E-state index contributed by atoms with van der Waals surface area (Å²) in [6.45, 7) is 7.28. The number of carbonyl (C=O) groups is 1. The highest BCUT2D eigenvalue weighted by Gasteiger charge is 2.34. The highest BCUT2D eigenvalue weighted by atomic mass is 16.5. The van der Waals surface area contributed by atoms with Crippen LogP contribution < -0.4 is 5.32 Å². The van der Waals surface area contributed by atoms with Crippen LogP contribution in [0.15, 0.2) is 30.3 Å². The Labute approximate surface area is 157 Å². The Morgan fingerprint density at radius 1 is 1.15 bits per heavy atom. The Morgan fingerprint density at radius 3 is 2.50 bits per heavy atom. The fourth-order valence-electron chi connectivity index (χ4n) is 3.94. The minimum atomic E-state index is -0.518. The number of hydrogen-bond acceptors (Lipinski definition) is 3. The fraction of sp³-hybridized carbons (Fsp3) is 0.682. The highest BCUT2D eigenvalue weighted by molar-refractivity contribution is 5.82. The van der Waals surface area contributed by atoms with Crippen molar-refractivity contribution >= 4 is 5.91 Å². The second-order valence-electron chi connectivity index (χ2n) is 8.79. The first kappa shape index (κ1) is 19.4. The second-order valence-corrected chi connectivity index (χ2v) is 8.79. The number of nitrogens with one attached hydrogen (secondary N) is 1. The summed E-state index contributed by atoms with van der Waals surface area (Å²) in [4.78, 5) is 13.1. The monoisotopic (exact) mass is 359 g/mol. The van der Waals surface area contributed by atoms with Gasteiger partial charge < -0.3 is 14.8 Å². The fourth-order valence-corrected chi connectivity index (χ4v) is 3.94. The van der Waals surface area contributed by atoms with E-state index < -0.39 is 6.10 Å². The van der Waals surface area contributed by atoms with Crippen LogP contribution in [0.2, 0.25) is 0 Å². The molecule has 1 N–H and O–H groups in total. The Balaban J connectivity index is 1.67. The Hall–Kier alpha value is -1.39. The van der Waals surface area contributed by atoms with Crippen LogP contribution in [-0.2, 0) is 14.3 Å². The summed E-state index contributed by atoms with van der Waals surface area (Å²) >= 11 is 0. The number of carbonyl (C=O) groups excluding carboxylic acids is 1. The van der Waals surface area contributed by atoms with Crippen molar-refractivity contribution in [2.24, 2.45) is 5.41 Å². The Bertz CT molecular complexity index is 575. The molecular formula is C22H33NO3. The SMILES string of the molecule is CC(C)(C)[C@@H]1C[C@@H](NC(=O)[C@H](OC2CCCC2)c2ccccc2)CCO1. The van der Waals surface area contributed by atoms with E-state index in [1.54, 1.807) is 0 Å². The van der Waals surface area contributed by atoms with Gasteiger partial charge in [-0.15, -0.1) is 0 Å². The van der Waals surface area contributed by atoms with Crippen LogP contribution in [-0.4, -0.2) is 30.8 Å². The molecule has 1 aromatic rings. The molecule has 1 aliphatic heterocycles. The summed E-state index contributed by atoms with van der Waals surface area (Å²) in [5.74, 6) is -0.0114. The average molecular weight is 360 g/mol. The van der Waals surface area contributed by atoms with Crippen molar-refractivity contribution in [1.82, 2.24) is 5.32 Å². The van der Waals surface area contributed by atoms with Gasteiger partial charge in [0.2, 0.25) is 0 Å². The molecule has 1 saturated carbocycles. The van der Waals surface area contributed by atoms with Crippen molar-refractivity contribution < 1.29 is 14.3 Å². The lowest BCUT2D eigenvalue weighted by atomic mass is 9.83. The maximum absolute atomic E-state index is 13.1. The standard InChI is InChI=1S/C22H33NO3/c1-22(2,3)19-15-17(13-14-25-19)23-21(24)20(16-9-5-4-6-10-16)26-18-11-7-8-12-18/h4-6,9-10,17-20H,7-8,11-15H2,1-3H3,(H,23,24)/t17-,19-,20+/m0/s1. The van der Waals surface area contributed by atoms with Gasteiger partial charge in [0.15, 0.2) is 6.10 Å². The van der Waals surface area contributed by atoms with Gasteiger partial charge >= 0.3 is 0 Å². The van der Waals surface area contributed by atoms with Crippen molar-refractivity contribution in [3.8, 4) is 0 Å². The van der Waals surface area contributed by atoms with Crippen molar-refractivity contribution in [1.29, 1.82) is 0 Å². The van der Waals surface area contributed by atoms with Crippen molar-refractivity contribution in [2.45, 2.75) is 83.6 Å². The molecule has 1 heterocycles. The molecule has 1 aromatic carbocycles. The Morgan fingerprint density at radius 2 is 1.85 bits per heavy atom. The number of amides is 1. The molecule has 1 saturated heterocycles. The van der Waals surface area contributed by atoms with E-state index >= 15 is 0 Å². The van der Waals surface area contributed by atoms with Crippen LogP contribution in [0, 0.1) is 5.41 Å². The van der Waals surface area contributed by atoms with Crippen LogP contribution in [0.4, 0.5) is 0 Å². The molecule has 144 valence electrons. The van der Waals surface area contributed by atoms with Gasteiger partial charge in [0.05, 0.1) is 12.2 Å². The van der Waals surface area contributed by atoms with E-state index in [4.69, 9.17) is 9.47 Å². The third-order valence-corrected chi connectivity index (χ3v) is 5.57. The van der Waals surface area contributed by atoms with Crippen molar-refractivity contribution in [3.63, 3.8) is 0 Å². The molecule has 0 radical (unpaired) electrons. The molecule has 2 fully saturated rings. The van der Waals surface area contributed by atoms with Gasteiger partial charge in [-0.3, -0.25) is 4.79 Å². The quantitative estimate of drug-likeness (QED) is 0.848. The molecule has 1 amide bonds. The first-order valence-electron chi connectivity index (χ1n) is 10.1. The van der Waals surface area contributed by atoms with Crippen LogP contribution in [0.5, 0.6) is 0 Å². The molecular weight excluding hydrogens is 326 g/mol. The predicted octanol–water partition coefficient (Wildman–Crippen LogP) is 4.40. The van der Waals surface area contributed by atoms with E-state index in [1.165, 1.54) is 12.8 Å². The minimum Gasteiger partial charge on any atom is -0.378 e. The van der Waals surface area contributed by atoms with Gasteiger partial charge in [0.1, 0.15) is 0 Å². The topological polar surface area (TPSA) is 47.6 Å². The predicted molar refractivity (Wildman–Crippen MR) is 103 cm³/mol. The van der Waals surface area contributed by atoms with Crippen molar-refractivity contribution in [3.05, 3.63) is 35.9 Å². The summed E-state index contributed by atoms with van der Waals surface area (Å²) in [5.41, 5.74) is 1.03. The highest BCUT2D eigenvalue weighted by Crippen LogP contribution is 2.31. The van der Waals surface area contributed by atoms with Crippen LogP contribution in [0.25, 0.3) is 0 Å². The number of hydrogen-bond donors (Lipinski definition) is 1. The normalized spacial score (nSPS) is 25.8. The van der Waals surface area contributed by atoms with Crippen LogP contribution in [0.1, 0.15) is 71.0 Å². The van der Waals surface area contributed by atoms with E-state index in [0.29, 0.717) is 6.61 Å². The van der Waals surface area contributed by atoms with Gasteiger partial charge in [0.25, 0.3) is 5.91 Å². The van der Waals surface area contributed by atoms with E-state index in [9.17, 15) is 4.79 Å². The summed E-state index contributed by atoms with van der Waals surface area (Å²) in [6, 6.07) is 10.0. The first-order valence-corrected chi connectivity index (χ1v) is 10.1. The summed E-state index contributed by atoms with van der Waals surface area (Å²) in [7, 11) is 0. The van der Waals surface area contributed by atoms with Crippen LogP contribution >= 0.6 is 0 Å². The maximum Gasteiger partial charge on any atom is 0.254 e. The first-order chi connectivity index (χ1) is 12.4. The summed E-state index contributed by atoms with van der Waals surface area (Å²) in [6.07, 6.45) is 6.08. The zero-order chi connectivity index (χ0) is 18.6. The van der Waals surface area contributed by atoms with E-state index in [-0.39, 0.29) is 29.6 Å². The molecule has 0 spiro atoms. The van der Waals surface area contributed by atoms with Crippen LogP contribution in [0.3, 0.4) is 0 Å². The number of rotatable bonds is 5. The van der Waals surface area contributed by atoms with Gasteiger partial charge in [-0.25, -0.2) is 0 Å². The molecule has 3 atom stereocenters. The molecule has 26 heavy (non-hydrogen) atoms. The molecule has 0 aromatic heterocycles. The zero-order valence-corrected chi connectivity index (χ0v) is 16.4. The lowest BCUT2D eigenvalue weighted by Gasteiger charge is -2.38. The molecule has 2 aliphatic rings. The van der Waals surface area contributed by atoms with E-state index in [2.05, 4.69) is 26.1 Å². The Kier molecular flexibility index (Phi) is 6.36. The van der Waals surface area contributed by atoms with Crippen molar-refractivity contribution in [2.75, 3.05) is 6.61 Å². The van der Waals surface area contributed by atoms with E-state index in [1.807, 2.05) is 30.3 Å². The largest absolute Gasteiger partial charge is 0.378 e. The zero-order valence-electron chi connectivity index (χ0n) is 16.4. The molecule has 0 bridgehead atoms. The molecule has 4 heteroatoms. The third-order valence-electron chi connectivity index (χ3n) is 5.57. The second kappa shape index (κ2) is 8.53. The lowest BCUT2D eigenvalue weighted by Crippen LogP contribution is -2.47. The average Bonchev–Trinajstić information content (AvgIpc) is 3.13. The van der Waals surface area contributed by atoms with E-state index in [0.717, 1.165) is 31.2 Å². The number of benzene rings is 1. The molecule has 3 rings (SSSR count). The molecule has 1 aliphatic carbocycles. The lowest BCUT2D eigenvalue weighted by molar-refractivity contribution is -0.139. The molecule has 4 nitrogen and oxygen atoms in total. The van der Waals surface area contributed by atoms with Gasteiger partial charge in [-0.2, -0.15) is 0 Å². The van der Waals surface area contributed by atoms with Gasteiger partial charge in [-0.05, 0) is 36.7 Å². The third kappa shape index (κ3) is 5.08. The van der Waals surface area contributed by atoms with Gasteiger partial charge in [-0.1, -0.05) is 63.9 Å². The minimum absolute atomic E-state index is 0.0114. The summed E-state index contributed by atoms with van der Waals surface area (Å²) < 4.78 is 12.2. The number of ether oxygens (including phenoxy) is 2. The van der Waals surface area contributed by atoms with Gasteiger partial charge in [0, 0.05) is 12.6 Å². The molecule has 0 unspecified atom stereocenters. The maximum atomic E-state index is 13.1. The summed E-state index contributed by atoms with van der Waals surface area (Å²) in [5, 5.41) is 3.25.